The average Bonchev–Trinajstić information content (AvgIpc) is 3.48. The highest BCUT2D eigenvalue weighted by molar-refractivity contribution is 8.00. The lowest BCUT2D eigenvalue weighted by Crippen LogP contribution is -2.24. The molecule has 1 fully saturated rings. The summed E-state index contributed by atoms with van der Waals surface area (Å²) in [7, 11) is 0. The number of hydrogen-bond donors (Lipinski definition) is 0. The summed E-state index contributed by atoms with van der Waals surface area (Å²) in [5, 5.41) is 7.26. The highest BCUT2D eigenvalue weighted by atomic mass is 35.5. The Morgan fingerprint density at radius 1 is 1.03 bits per heavy atom. The summed E-state index contributed by atoms with van der Waals surface area (Å²) in [5.74, 6) is -0.195. The Morgan fingerprint density at radius 2 is 1.82 bits per heavy atom. The standard InChI is InChI=1S/C23H23ClF4N4S/c24-18-12-17(5-6-19(18)25)32(33-10-9-31-7-1-2-8-31)14-16-4-3-15(11-20(16)26)21-13-22(23(27)28)30-29-21/h3-6,11-12,23H,1-2,7-10,13-14H2. The van der Waals surface area contributed by atoms with Crippen LogP contribution >= 0.6 is 23.5 Å². The molecule has 2 aliphatic rings. The van der Waals surface area contributed by atoms with Gasteiger partial charge in [0.25, 0.3) is 6.43 Å². The second kappa shape index (κ2) is 10.9. The van der Waals surface area contributed by atoms with E-state index >= 15 is 0 Å². The van der Waals surface area contributed by atoms with Crippen molar-refractivity contribution in [1.82, 2.24) is 4.90 Å². The van der Waals surface area contributed by atoms with Gasteiger partial charge in [-0.05, 0) is 62.1 Å². The molecule has 4 rings (SSSR count). The number of alkyl halides is 2. The molecule has 0 bridgehead atoms. The number of hydrogen-bond acceptors (Lipinski definition) is 5. The molecule has 1 saturated heterocycles. The van der Waals surface area contributed by atoms with Gasteiger partial charge >= 0.3 is 0 Å². The third kappa shape index (κ3) is 6.07. The van der Waals surface area contributed by atoms with Gasteiger partial charge in [-0.25, -0.2) is 17.6 Å². The summed E-state index contributed by atoms with van der Waals surface area (Å²) >= 11 is 7.52. The summed E-state index contributed by atoms with van der Waals surface area (Å²) in [5.41, 5.74) is 1.52. The van der Waals surface area contributed by atoms with Crippen LogP contribution in [0.5, 0.6) is 0 Å². The molecule has 0 N–H and O–H groups in total. The summed E-state index contributed by atoms with van der Waals surface area (Å²) < 4.78 is 56.2. The van der Waals surface area contributed by atoms with Gasteiger partial charge in [0, 0.05) is 35.5 Å². The minimum Gasteiger partial charge on any atom is -0.312 e. The average molecular weight is 499 g/mol. The molecule has 0 atom stereocenters. The SMILES string of the molecule is Fc1ccc(N(Cc2ccc(C3=NN=C(C(F)F)C3)cc2F)SCCN2CCCC2)cc1Cl. The molecular formula is C23H23ClF4N4S. The van der Waals surface area contributed by atoms with Crippen LogP contribution in [0.3, 0.4) is 0 Å². The number of nitrogens with zero attached hydrogens (tertiary/aromatic N) is 4. The largest absolute Gasteiger partial charge is 0.312 e. The maximum Gasteiger partial charge on any atom is 0.278 e. The number of anilines is 1. The van der Waals surface area contributed by atoms with Gasteiger partial charge in [-0.3, -0.25) is 0 Å². The van der Waals surface area contributed by atoms with Crippen LogP contribution in [0.2, 0.25) is 5.02 Å². The Hall–Kier alpha value is -2.10. The van der Waals surface area contributed by atoms with E-state index < -0.39 is 18.1 Å². The zero-order chi connectivity index (χ0) is 23.4. The second-order valence-corrected chi connectivity index (χ2v) is 9.45. The molecular weight excluding hydrogens is 476 g/mol. The van der Waals surface area contributed by atoms with E-state index in [0.717, 1.165) is 25.4 Å². The molecule has 0 amide bonds. The predicted molar refractivity (Wildman–Crippen MR) is 127 cm³/mol. The van der Waals surface area contributed by atoms with Gasteiger partial charge in [-0.15, -0.1) is 0 Å². The Bertz CT molecular complexity index is 1060. The second-order valence-electron chi connectivity index (χ2n) is 7.94. The van der Waals surface area contributed by atoms with Crippen molar-refractivity contribution < 1.29 is 17.6 Å². The van der Waals surface area contributed by atoms with E-state index in [0.29, 0.717) is 22.5 Å². The zero-order valence-electron chi connectivity index (χ0n) is 17.8. The number of likely N-dealkylation sites (tertiary alicyclic amines) is 1. The van der Waals surface area contributed by atoms with Crippen molar-refractivity contribution in [1.29, 1.82) is 0 Å². The van der Waals surface area contributed by atoms with E-state index in [9.17, 15) is 17.6 Å². The molecule has 2 aromatic carbocycles. The third-order valence-electron chi connectivity index (χ3n) is 5.64. The lowest BCUT2D eigenvalue weighted by molar-refractivity contribution is 0.224. The third-order valence-corrected chi connectivity index (χ3v) is 6.95. The van der Waals surface area contributed by atoms with Gasteiger partial charge in [0.1, 0.15) is 17.3 Å². The molecule has 4 nitrogen and oxygen atoms in total. The van der Waals surface area contributed by atoms with Crippen molar-refractivity contribution in [2.45, 2.75) is 32.2 Å². The minimum absolute atomic E-state index is 0.00235. The zero-order valence-corrected chi connectivity index (χ0v) is 19.4. The van der Waals surface area contributed by atoms with Crippen molar-refractivity contribution in [2.24, 2.45) is 10.2 Å². The Labute approximate surface area is 199 Å². The van der Waals surface area contributed by atoms with E-state index in [1.165, 1.54) is 43.0 Å². The van der Waals surface area contributed by atoms with Gasteiger partial charge in [0.2, 0.25) is 0 Å². The lowest BCUT2D eigenvalue weighted by atomic mass is 10.0. The van der Waals surface area contributed by atoms with Crippen LogP contribution in [0.15, 0.2) is 46.6 Å². The highest BCUT2D eigenvalue weighted by Gasteiger charge is 2.23. The predicted octanol–water partition coefficient (Wildman–Crippen LogP) is 6.18. The van der Waals surface area contributed by atoms with Crippen LogP contribution in [-0.2, 0) is 6.54 Å². The summed E-state index contributed by atoms with van der Waals surface area (Å²) in [6, 6.07) is 9.01. The van der Waals surface area contributed by atoms with E-state index in [1.807, 2.05) is 4.31 Å². The topological polar surface area (TPSA) is 31.2 Å². The molecule has 2 heterocycles. The first-order valence-corrected chi connectivity index (χ1v) is 12.0. The monoisotopic (exact) mass is 498 g/mol. The van der Waals surface area contributed by atoms with Crippen molar-refractivity contribution >= 4 is 40.7 Å². The Balaban J connectivity index is 1.48. The quantitative estimate of drug-likeness (QED) is 0.305. The fourth-order valence-electron chi connectivity index (χ4n) is 3.80. The smallest absolute Gasteiger partial charge is 0.278 e. The molecule has 0 spiro atoms. The van der Waals surface area contributed by atoms with Gasteiger partial charge in [0.15, 0.2) is 0 Å². The van der Waals surface area contributed by atoms with Crippen LogP contribution in [-0.4, -0.2) is 48.1 Å². The molecule has 0 aliphatic carbocycles. The molecule has 2 aromatic rings. The fraction of sp³-hybridized carbons (Fsp3) is 0.391. The first-order valence-electron chi connectivity index (χ1n) is 10.7. The molecule has 176 valence electrons. The highest BCUT2D eigenvalue weighted by Crippen LogP contribution is 2.30. The van der Waals surface area contributed by atoms with Crippen molar-refractivity contribution in [3.8, 4) is 0 Å². The van der Waals surface area contributed by atoms with Crippen molar-refractivity contribution in [3.05, 3.63) is 64.2 Å². The first-order chi connectivity index (χ1) is 15.9. The molecule has 0 radical (unpaired) electrons. The lowest BCUT2D eigenvalue weighted by Gasteiger charge is -2.25. The minimum atomic E-state index is -2.68. The Morgan fingerprint density at radius 3 is 2.48 bits per heavy atom. The fourth-order valence-corrected chi connectivity index (χ4v) is 5.02. The summed E-state index contributed by atoms with van der Waals surface area (Å²) in [6.07, 6.45) is -0.365. The van der Waals surface area contributed by atoms with Crippen LogP contribution in [0.25, 0.3) is 0 Å². The molecule has 0 saturated carbocycles. The molecule has 10 heteroatoms. The molecule has 0 aromatic heterocycles. The van der Waals surface area contributed by atoms with E-state index in [2.05, 4.69) is 15.1 Å². The Kier molecular flexibility index (Phi) is 7.93. The van der Waals surface area contributed by atoms with E-state index in [4.69, 9.17) is 11.6 Å². The number of halogens is 5. The summed E-state index contributed by atoms with van der Waals surface area (Å²) in [6.45, 7) is 3.30. The van der Waals surface area contributed by atoms with E-state index in [-0.39, 0.29) is 23.7 Å². The number of benzene rings is 2. The van der Waals surface area contributed by atoms with E-state index in [1.54, 1.807) is 18.2 Å². The van der Waals surface area contributed by atoms with Crippen LogP contribution in [0.1, 0.15) is 30.4 Å². The van der Waals surface area contributed by atoms with Gasteiger partial charge < -0.3 is 9.21 Å². The summed E-state index contributed by atoms with van der Waals surface area (Å²) in [4.78, 5) is 2.39. The van der Waals surface area contributed by atoms with Crippen LogP contribution in [0.4, 0.5) is 23.2 Å². The van der Waals surface area contributed by atoms with Crippen LogP contribution < -0.4 is 4.31 Å². The van der Waals surface area contributed by atoms with Gasteiger partial charge in [-0.1, -0.05) is 23.7 Å². The van der Waals surface area contributed by atoms with Gasteiger partial charge in [0.05, 0.1) is 17.3 Å². The van der Waals surface area contributed by atoms with Gasteiger partial charge in [-0.2, -0.15) is 10.2 Å². The maximum absolute atomic E-state index is 15.0. The molecule has 0 unspecified atom stereocenters. The molecule has 33 heavy (non-hydrogen) atoms. The maximum atomic E-state index is 15.0. The van der Waals surface area contributed by atoms with Crippen molar-refractivity contribution in [2.75, 3.05) is 29.7 Å². The normalized spacial score (nSPS) is 16.4. The van der Waals surface area contributed by atoms with Crippen molar-refractivity contribution in [3.63, 3.8) is 0 Å². The number of rotatable bonds is 9. The first kappa shape index (κ1) is 24.0. The van der Waals surface area contributed by atoms with Crippen LogP contribution in [0, 0.1) is 11.6 Å². The molecule has 2 aliphatic heterocycles.